The van der Waals surface area contributed by atoms with Crippen LogP contribution < -0.4 is 11.2 Å². The summed E-state index contributed by atoms with van der Waals surface area (Å²) in [7, 11) is 3.09. The van der Waals surface area contributed by atoms with E-state index in [-0.39, 0.29) is 11.8 Å². The summed E-state index contributed by atoms with van der Waals surface area (Å²) in [5.74, 6) is 0.342. The summed E-state index contributed by atoms with van der Waals surface area (Å²) in [6, 6.07) is 4.99. The smallest absolute Gasteiger partial charge is 0.331 e. The Morgan fingerprint density at radius 2 is 1.94 bits per heavy atom. The zero-order chi connectivity index (χ0) is 22.6. The first-order valence-electron chi connectivity index (χ1n) is 10.3. The Morgan fingerprint density at radius 1 is 1.23 bits per heavy atom. The normalized spacial score (nSPS) is 16.1. The molecule has 0 N–H and O–H groups in total. The van der Waals surface area contributed by atoms with Crippen LogP contribution in [0.25, 0.3) is 22.2 Å². The third-order valence-corrected chi connectivity index (χ3v) is 6.01. The lowest BCUT2D eigenvalue weighted by atomic mass is 10.0. The van der Waals surface area contributed by atoms with Crippen molar-refractivity contribution in [2.75, 3.05) is 6.61 Å². The topological polar surface area (TPSA) is 101 Å². The quantitative estimate of drug-likeness (QED) is 0.471. The van der Waals surface area contributed by atoms with Gasteiger partial charge in [-0.2, -0.15) is 0 Å². The van der Waals surface area contributed by atoms with E-state index in [4.69, 9.17) is 4.74 Å². The van der Waals surface area contributed by atoms with Crippen LogP contribution in [0.3, 0.4) is 0 Å². The molecular weight excluding hydrogens is 400 g/mol. The molecule has 2 aromatic heterocycles. The molecule has 1 atom stereocenters. The molecule has 0 fully saturated rings. The zero-order valence-corrected chi connectivity index (χ0v) is 18.3. The lowest BCUT2D eigenvalue weighted by molar-refractivity contribution is -0.385. The average molecular weight is 426 g/mol. The number of hydrogen-bond donors (Lipinski definition) is 0. The molecule has 31 heavy (non-hydrogen) atoms. The fraction of sp³-hybridized carbons (Fsp3) is 0.455. The number of rotatable bonds is 4. The van der Waals surface area contributed by atoms with Gasteiger partial charge in [-0.3, -0.25) is 24.0 Å². The van der Waals surface area contributed by atoms with Crippen LogP contribution in [0, 0.1) is 23.0 Å². The number of nitrogens with zero attached hydrogens (tertiary/aromatic N) is 4. The van der Waals surface area contributed by atoms with Crippen molar-refractivity contribution in [3.05, 3.63) is 60.4 Å². The number of ether oxygens (including phenoxy) is 1. The number of hydrogen-bond acceptors (Lipinski definition) is 5. The van der Waals surface area contributed by atoms with Gasteiger partial charge in [0.2, 0.25) is 0 Å². The van der Waals surface area contributed by atoms with Gasteiger partial charge in [-0.15, -0.1) is 0 Å². The van der Waals surface area contributed by atoms with E-state index in [0.717, 1.165) is 16.7 Å². The van der Waals surface area contributed by atoms with Gasteiger partial charge in [0.05, 0.1) is 39.9 Å². The molecular formula is C22H26N4O5. The van der Waals surface area contributed by atoms with E-state index in [1.54, 1.807) is 26.1 Å². The summed E-state index contributed by atoms with van der Waals surface area (Å²) >= 11 is 0. The highest BCUT2D eigenvalue weighted by Crippen LogP contribution is 2.41. The van der Waals surface area contributed by atoms with Gasteiger partial charge in [-0.05, 0) is 19.3 Å². The fourth-order valence-electron chi connectivity index (χ4n) is 4.53. The van der Waals surface area contributed by atoms with Gasteiger partial charge in [0.15, 0.2) is 0 Å². The summed E-state index contributed by atoms with van der Waals surface area (Å²) < 4.78 is 10.6. The second-order valence-corrected chi connectivity index (χ2v) is 8.56. The highest BCUT2D eigenvalue weighted by atomic mass is 16.6. The van der Waals surface area contributed by atoms with Crippen LogP contribution in [-0.4, -0.2) is 25.2 Å². The Kier molecular flexibility index (Phi) is 5.09. The van der Waals surface area contributed by atoms with Crippen LogP contribution in [-0.2, 0) is 25.4 Å². The van der Waals surface area contributed by atoms with Crippen LogP contribution in [0.2, 0.25) is 0 Å². The van der Waals surface area contributed by atoms with E-state index in [0.29, 0.717) is 46.8 Å². The summed E-state index contributed by atoms with van der Waals surface area (Å²) in [6.45, 7) is 6.82. The molecule has 0 unspecified atom stereocenters. The predicted octanol–water partition coefficient (Wildman–Crippen LogP) is 3.04. The maximum atomic E-state index is 13.3. The van der Waals surface area contributed by atoms with Gasteiger partial charge in [-0.1, -0.05) is 26.0 Å². The van der Waals surface area contributed by atoms with Gasteiger partial charge in [-0.25, -0.2) is 4.79 Å². The molecule has 0 spiro atoms. The molecule has 0 bridgehead atoms. The van der Waals surface area contributed by atoms with Crippen molar-refractivity contribution in [3.8, 4) is 11.3 Å². The van der Waals surface area contributed by atoms with Crippen molar-refractivity contribution in [2.24, 2.45) is 20.0 Å². The molecule has 0 aliphatic carbocycles. The third kappa shape index (κ3) is 3.20. The lowest BCUT2D eigenvalue weighted by Gasteiger charge is -2.28. The van der Waals surface area contributed by atoms with Crippen molar-refractivity contribution in [1.82, 2.24) is 13.7 Å². The number of benzene rings is 1. The zero-order valence-electron chi connectivity index (χ0n) is 18.3. The van der Waals surface area contributed by atoms with Gasteiger partial charge < -0.3 is 9.30 Å². The minimum absolute atomic E-state index is 0.00589. The van der Waals surface area contributed by atoms with Crippen molar-refractivity contribution in [3.63, 3.8) is 0 Å². The van der Waals surface area contributed by atoms with Gasteiger partial charge >= 0.3 is 5.69 Å². The first-order chi connectivity index (χ1) is 14.6. The van der Waals surface area contributed by atoms with Crippen LogP contribution in [0.4, 0.5) is 5.69 Å². The highest BCUT2D eigenvalue weighted by molar-refractivity contribution is 5.96. The first-order valence-corrected chi connectivity index (χ1v) is 10.3. The summed E-state index contributed by atoms with van der Waals surface area (Å²) in [6.07, 6.45) is 0.457. The molecule has 1 aliphatic heterocycles. The lowest BCUT2D eigenvalue weighted by Crippen LogP contribution is -2.37. The second kappa shape index (κ2) is 7.49. The minimum atomic E-state index is -0.417. The van der Waals surface area contributed by atoms with Crippen molar-refractivity contribution < 1.29 is 9.66 Å². The van der Waals surface area contributed by atoms with E-state index in [1.807, 2.05) is 4.57 Å². The Hall–Kier alpha value is -3.20. The van der Waals surface area contributed by atoms with Crippen LogP contribution >= 0.6 is 0 Å². The monoisotopic (exact) mass is 426 g/mol. The second-order valence-electron chi connectivity index (χ2n) is 8.56. The van der Waals surface area contributed by atoms with E-state index in [9.17, 15) is 19.7 Å². The summed E-state index contributed by atoms with van der Waals surface area (Å²) in [4.78, 5) is 37.2. The molecule has 0 saturated heterocycles. The summed E-state index contributed by atoms with van der Waals surface area (Å²) in [5, 5.41) is 11.9. The molecule has 0 saturated carbocycles. The molecule has 3 heterocycles. The molecule has 9 heteroatoms. The van der Waals surface area contributed by atoms with E-state index in [2.05, 4.69) is 13.8 Å². The van der Waals surface area contributed by atoms with E-state index in [1.165, 1.54) is 17.7 Å². The van der Waals surface area contributed by atoms with Crippen LogP contribution in [0.5, 0.6) is 0 Å². The standard InChI is InChI=1S/C22H26N4O5/c1-12(2)10-16-19-20-17(21(27)24(5)22(28)23(20)4)18(25(19)8-9-31-16)14-7-6-13(3)15(11-14)26(29)30/h6-7,11-12,16H,8-10H2,1-5H3/t16-/m0/s1. The maximum Gasteiger partial charge on any atom is 0.331 e. The number of fused-ring (bicyclic) bond motifs is 3. The number of nitro groups is 1. The Bertz CT molecular complexity index is 1330. The van der Waals surface area contributed by atoms with E-state index < -0.39 is 16.2 Å². The Labute approximate surface area is 178 Å². The molecule has 0 amide bonds. The number of nitro benzene ring substituents is 1. The van der Waals surface area contributed by atoms with Gasteiger partial charge in [0.1, 0.15) is 0 Å². The van der Waals surface area contributed by atoms with Crippen molar-refractivity contribution in [2.45, 2.75) is 39.8 Å². The maximum absolute atomic E-state index is 13.3. The number of aromatic nitrogens is 3. The van der Waals surface area contributed by atoms with Gasteiger partial charge in [0.25, 0.3) is 11.2 Å². The van der Waals surface area contributed by atoms with Crippen LogP contribution in [0.15, 0.2) is 27.8 Å². The SMILES string of the molecule is Cc1ccc(-c2c3c(=O)n(C)c(=O)n(C)c3c3n2CCO[C@H]3CC(C)C)cc1[N+](=O)[O-]. The third-order valence-electron chi connectivity index (χ3n) is 6.01. The molecule has 1 aliphatic rings. The fourth-order valence-corrected chi connectivity index (χ4v) is 4.53. The molecule has 164 valence electrons. The Balaban J connectivity index is 2.17. The molecule has 4 rings (SSSR count). The van der Waals surface area contributed by atoms with Crippen molar-refractivity contribution in [1.29, 1.82) is 0 Å². The van der Waals surface area contributed by atoms with Crippen LogP contribution in [0.1, 0.15) is 37.6 Å². The molecule has 1 aromatic carbocycles. The number of aryl methyl sites for hydroxylation is 2. The largest absolute Gasteiger partial charge is 0.370 e. The molecule has 9 nitrogen and oxygen atoms in total. The predicted molar refractivity (Wildman–Crippen MR) is 117 cm³/mol. The first kappa shape index (κ1) is 21.0. The molecule has 3 aromatic rings. The van der Waals surface area contributed by atoms with Gasteiger partial charge in [0, 0.05) is 37.8 Å². The average Bonchev–Trinajstić information content (AvgIpc) is 3.07. The Morgan fingerprint density at radius 3 is 2.58 bits per heavy atom. The highest BCUT2D eigenvalue weighted by Gasteiger charge is 2.32. The minimum Gasteiger partial charge on any atom is -0.370 e. The molecule has 0 radical (unpaired) electrons. The van der Waals surface area contributed by atoms with Crippen molar-refractivity contribution >= 4 is 16.6 Å². The van der Waals surface area contributed by atoms with E-state index >= 15 is 0 Å². The summed E-state index contributed by atoms with van der Waals surface area (Å²) in [5.41, 5.74) is 2.21.